The van der Waals surface area contributed by atoms with Gasteiger partial charge in [-0.05, 0) is 55.9 Å². The summed E-state index contributed by atoms with van der Waals surface area (Å²) in [7, 11) is 0. The maximum absolute atomic E-state index is 10.5. The summed E-state index contributed by atoms with van der Waals surface area (Å²) in [4.78, 5) is 1.95. The van der Waals surface area contributed by atoms with Gasteiger partial charge in [0.2, 0.25) is 0 Å². The number of hydrogen-bond donors (Lipinski definition) is 2. The van der Waals surface area contributed by atoms with Crippen LogP contribution in [0.15, 0.2) is 0 Å². The fraction of sp³-hybridized carbons (Fsp3) is 1.00. The first-order valence-electron chi connectivity index (χ1n) is 5.37. The molecule has 0 aromatic rings. The fourth-order valence-electron chi connectivity index (χ4n) is 2.09. The van der Waals surface area contributed by atoms with Crippen LogP contribution in [0.25, 0.3) is 0 Å². The van der Waals surface area contributed by atoms with E-state index in [1.165, 1.54) is 0 Å². The van der Waals surface area contributed by atoms with Gasteiger partial charge in [0.25, 0.3) is 0 Å². The lowest BCUT2D eigenvalue weighted by Gasteiger charge is -2.34. The van der Waals surface area contributed by atoms with Crippen LogP contribution in [-0.2, 0) is 11.1 Å². The van der Waals surface area contributed by atoms with Gasteiger partial charge in [0, 0.05) is 6.04 Å². The van der Waals surface area contributed by atoms with Crippen molar-refractivity contribution in [3.05, 3.63) is 0 Å². The Kier molecular flexibility index (Phi) is 5.70. The van der Waals surface area contributed by atoms with Gasteiger partial charge in [-0.25, -0.2) is 0 Å². The van der Waals surface area contributed by atoms with Crippen LogP contribution >= 0.6 is 0 Å². The highest BCUT2D eigenvalue weighted by Gasteiger charge is 2.23. The Hall–Kier alpha value is -0.0100. The molecule has 15 heavy (non-hydrogen) atoms. The van der Waals surface area contributed by atoms with Crippen LogP contribution in [0, 0.1) is 5.92 Å². The zero-order valence-electron chi connectivity index (χ0n) is 8.93. The van der Waals surface area contributed by atoms with Crippen molar-refractivity contribution < 1.29 is 8.76 Å². The molecular formula is C9H20N3O2S-. The molecule has 1 heterocycles. The molecule has 1 rings (SSSR count). The van der Waals surface area contributed by atoms with Crippen LogP contribution in [0.2, 0.25) is 0 Å². The first-order chi connectivity index (χ1) is 7.13. The zero-order chi connectivity index (χ0) is 11.3. The number of hydrogen-bond acceptors (Lipinski definition) is 5. The van der Waals surface area contributed by atoms with Crippen molar-refractivity contribution in [2.24, 2.45) is 17.4 Å². The minimum absolute atomic E-state index is 0.152. The van der Waals surface area contributed by atoms with Gasteiger partial charge in [-0.1, -0.05) is 0 Å². The molecule has 0 aromatic carbocycles. The highest BCUT2D eigenvalue weighted by atomic mass is 32.2. The van der Waals surface area contributed by atoms with E-state index in [2.05, 4.69) is 0 Å². The zero-order valence-corrected chi connectivity index (χ0v) is 9.75. The van der Waals surface area contributed by atoms with Crippen LogP contribution in [0.4, 0.5) is 0 Å². The van der Waals surface area contributed by atoms with Crippen LogP contribution in [0.5, 0.6) is 0 Å². The predicted octanol–water partition coefficient (Wildman–Crippen LogP) is -0.789. The molecule has 0 saturated carbocycles. The number of rotatable bonds is 5. The van der Waals surface area contributed by atoms with E-state index in [0.717, 1.165) is 32.4 Å². The molecule has 0 radical (unpaired) electrons. The minimum Gasteiger partial charge on any atom is -0.771 e. The molecular weight excluding hydrogens is 214 g/mol. The standard InChI is InChI=1S/C9H21N3O2S/c10-4-1-9(11)8-2-5-12(6-3-8)7-15(13)14/h8-9H,1-7,10-11H2,(H,13,14)/p-1. The van der Waals surface area contributed by atoms with E-state index in [-0.39, 0.29) is 11.9 Å². The van der Waals surface area contributed by atoms with Crippen LogP contribution in [0.1, 0.15) is 19.3 Å². The highest BCUT2D eigenvalue weighted by Crippen LogP contribution is 2.20. The van der Waals surface area contributed by atoms with Crippen molar-refractivity contribution in [3.63, 3.8) is 0 Å². The summed E-state index contributed by atoms with van der Waals surface area (Å²) in [5.41, 5.74) is 11.4. The van der Waals surface area contributed by atoms with Crippen molar-refractivity contribution in [3.8, 4) is 0 Å². The first-order valence-corrected chi connectivity index (χ1v) is 6.61. The van der Waals surface area contributed by atoms with E-state index in [1.54, 1.807) is 0 Å². The Morgan fingerprint density at radius 3 is 2.53 bits per heavy atom. The van der Waals surface area contributed by atoms with E-state index < -0.39 is 11.1 Å². The van der Waals surface area contributed by atoms with Crippen molar-refractivity contribution in [1.29, 1.82) is 0 Å². The van der Waals surface area contributed by atoms with Gasteiger partial charge in [-0.2, -0.15) is 0 Å². The third-order valence-electron chi connectivity index (χ3n) is 3.03. The van der Waals surface area contributed by atoms with Crippen molar-refractivity contribution in [2.75, 3.05) is 25.5 Å². The maximum Gasteiger partial charge on any atom is 0.0613 e. The second-order valence-electron chi connectivity index (χ2n) is 4.13. The lowest BCUT2D eigenvalue weighted by molar-refractivity contribution is 0.186. The third-order valence-corrected chi connectivity index (χ3v) is 3.60. The van der Waals surface area contributed by atoms with E-state index in [0.29, 0.717) is 12.5 Å². The van der Waals surface area contributed by atoms with Crippen LogP contribution in [-0.4, -0.2) is 45.2 Å². The SMILES string of the molecule is NCCC(N)C1CCN(CS(=O)[O-])CC1. The Morgan fingerprint density at radius 1 is 1.47 bits per heavy atom. The monoisotopic (exact) mass is 234 g/mol. The lowest BCUT2D eigenvalue weighted by Crippen LogP contribution is -2.42. The van der Waals surface area contributed by atoms with E-state index in [9.17, 15) is 8.76 Å². The number of nitrogens with zero attached hydrogens (tertiary/aromatic N) is 1. The van der Waals surface area contributed by atoms with Crippen molar-refractivity contribution in [1.82, 2.24) is 4.90 Å². The summed E-state index contributed by atoms with van der Waals surface area (Å²) >= 11 is -1.96. The molecule has 90 valence electrons. The molecule has 1 fully saturated rings. The van der Waals surface area contributed by atoms with Gasteiger partial charge in [0.15, 0.2) is 0 Å². The average molecular weight is 234 g/mol. The van der Waals surface area contributed by atoms with Crippen molar-refractivity contribution in [2.45, 2.75) is 25.3 Å². The summed E-state index contributed by atoms with van der Waals surface area (Å²) in [6.07, 6.45) is 2.83. The molecule has 0 spiro atoms. The van der Waals surface area contributed by atoms with Gasteiger partial charge in [-0.3, -0.25) is 9.11 Å². The topological polar surface area (TPSA) is 95.4 Å². The predicted molar refractivity (Wildman–Crippen MR) is 59.7 cm³/mol. The Labute approximate surface area is 93.5 Å². The summed E-state index contributed by atoms with van der Waals surface area (Å²) in [6, 6.07) is 0.176. The average Bonchev–Trinajstić information content (AvgIpc) is 2.18. The normalized spacial score (nSPS) is 23.9. The smallest absolute Gasteiger partial charge is 0.0613 e. The lowest BCUT2D eigenvalue weighted by atomic mass is 9.88. The molecule has 0 aromatic heterocycles. The van der Waals surface area contributed by atoms with Gasteiger partial charge in [0.1, 0.15) is 0 Å². The molecule has 6 heteroatoms. The fourth-order valence-corrected chi connectivity index (χ4v) is 2.64. The van der Waals surface area contributed by atoms with Gasteiger partial charge in [0.05, 0.1) is 5.88 Å². The molecule has 1 saturated heterocycles. The summed E-state index contributed by atoms with van der Waals surface area (Å²) < 4.78 is 21.0. The molecule has 2 unspecified atom stereocenters. The minimum atomic E-state index is -1.96. The van der Waals surface area contributed by atoms with E-state index >= 15 is 0 Å². The molecule has 1 aliphatic heterocycles. The Balaban J connectivity index is 2.26. The second-order valence-corrected chi connectivity index (χ2v) is 5.00. The van der Waals surface area contributed by atoms with E-state index in [4.69, 9.17) is 11.5 Å². The molecule has 1 aliphatic rings. The Bertz CT molecular complexity index is 208. The Morgan fingerprint density at radius 2 is 2.07 bits per heavy atom. The number of piperidine rings is 1. The van der Waals surface area contributed by atoms with Gasteiger partial charge < -0.3 is 16.0 Å². The largest absolute Gasteiger partial charge is 0.771 e. The van der Waals surface area contributed by atoms with Crippen molar-refractivity contribution >= 4 is 11.1 Å². The van der Waals surface area contributed by atoms with Gasteiger partial charge in [-0.15, -0.1) is 0 Å². The molecule has 0 aliphatic carbocycles. The summed E-state index contributed by atoms with van der Waals surface area (Å²) in [6.45, 7) is 2.29. The molecule has 0 bridgehead atoms. The molecule has 5 nitrogen and oxygen atoms in total. The highest BCUT2D eigenvalue weighted by molar-refractivity contribution is 7.79. The molecule has 4 N–H and O–H groups in total. The summed E-state index contributed by atoms with van der Waals surface area (Å²) in [5.74, 6) is 0.656. The molecule has 0 amide bonds. The quantitative estimate of drug-likeness (QED) is 0.608. The molecule has 2 atom stereocenters. The first kappa shape index (κ1) is 13.1. The number of nitrogens with two attached hydrogens (primary N) is 2. The maximum atomic E-state index is 10.5. The third kappa shape index (κ3) is 4.56. The van der Waals surface area contributed by atoms with Gasteiger partial charge >= 0.3 is 0 Å². The van der Waals surface area contributed by atoms with E-state index in [1.807, 2.05) is 4.90 Å². The number of likely N-dealkylation sites (tertiary alicyclic amines) is 1. The van der Waals surface area contributed by atoms with Crippen LogP contribution < -0.4 is 11.5 Å². The second kappa shape index (κ2) is 6.55. The summed E-state index contributed by atoms with van der Waals surface area (Å²) in [5, 5.41) is 0. The van der Waals surface area contributed by atoms with Crippen LogP contribution in [0.3, 0.4) is 0 Å².